The fourth-order valence-electron chi connectivity index (χ4n) is 1.88. The van der Waals surface area contributed by atoms with Gasteiger partial charge in [0.25, 0.3) is 0 Å². The van der Waals surface area contributed by atoms with E-state index in [-0.39, 0.29) is 12.2 Å². The highest BCUT2D eigenvalue weighted by atomic mass is 32.1. The maximum atomic E-state index is 13.1. The van der Waals surface area contributed by atoms with Crippen LogP contribution in [0.5, 0.6) is 0 Å². The van der Waals surface area contributed by atoms with Crippen LogP contribution in [0.25, 0.3) is 0 Å². The highest BCUT2D eigenvalue weighted by molar-refractivity contribution is 7.07. The maximum absolute atomic E-state index is 13.1. The summed E-state index contributed by atoms with van der Waals surface area (Å²) in [6.45, 7) is 0.965. The Morgan fingerprint density at radius 2 is 2.21 bits per heavy atom. The number of rotatable bonds is 5. The van der Waals surface area contributed by atoms with Crippen LogP contribution in [0.15, 0.2) is 35.0 Å². The second-order valence-corrected chi connectivity index (χ2v) is 4.83. The summed E-state index contributed by atoms with van der Waals surface area (Å²) in [6.07, 6.45) is 0. The zero-order valence-electron chi connectivity index (χ0n) is 10.2. The predicted octanol–water partition coefficient (Wildman–Crippen LogP) is 2.76. The first kappa shape index (κ1) is 13.5. The number of hydrogen-bond donors (Lipinski definition) is 1. The van der Waals surface area contributed by atoms with E-state index in [9.17, 15) is 4.39 Å². The molecule has 19 heavy (non-hydrogen) atoms. The first-order valence-electron chi connectivity index (χ1n) is 5.81. The van der Waals surface area contributed by atoms with Crippen molar-refractivity contribution in [2.24, 2.45) is 0 Å². The number of thiophene rings is 1. The van der Waals surface area contributed by atoms with Crippen LogP contribution in [0.1, 0.15) is 11.1 Å². The van der Waals surface area contributed by atoms with Gasteiger partial charge in [-0.3, -0.25) is 0 Å². The topological polar surface area (TPSA) is 47.3 Å². The zero-order valence-corrected chi connectivity index (χ0v) is 11.0. The molecule has 1 aromatic carbocycles. The van der Waals surface area contributed by atoms with Gasteiger partial charge in [-0.1, -0.05) is 0 Å². The van der Waals surface area contributed by atoms with Crippen molar-refractivity contribution >= 4 is 17.0 Å². The molecule has 98 valence electrons. The van der Waals surface area contributed by atoms with E-state index in [1.807, 2.05) is 27.8 Å². The van der Waals surface area contributed by atoms with Crippen molar-refractivity contribution in [1.82, 2.24) is 0 Å². The van der Waals surface area contributed by atoms with Gasteiger partial charge in [0.05, 0.1) is 17.9 Å². The molecule has 0 fully saturated rings. The largest absolute Gasteiger partial charge is 0.395 e. The van der Waals surface area contributed by atoms with Gasteiger partial charge in [-0.2, -0.15) is 16.6 Å². The lowest BCUT2D eigenvalue weighted by Crippen LogP contribution is -2.26. The lowest BCUT2D eigenvalue weighted by molar-refractivity contribution is 0.301. The second-order valence-electron chi connectivity index (χ2n) is 4.05. The van der Waals surface area contributed by atoms with Crippen LogP contribution in [0, 0.1) is 17.1 Å². The van der Waals surface area contributed by atoms with Crippen molar-refractivity contribution in [2.45, 2.75) is 6.54 Å². The van der Waals surface area contributed by atoms with E-state index < -0.39 is 5.82 Å². The van der Waals surface area contributed by atoms with Gasteiger partial charge in [0.2, 0.25) is 0 Å². The standard InChI is InChI=1S/C14H13FN2OS/c15-13-1-2-14(12(7-13)8-16)17(4-5-18)9-11-3-6-19-10-11/h1-3,6-7,10,18H,4-5,9H2. The van der Waals surface area contributed by atoms with Gasteiger partial charge in [-0.05, 0) is 40.6 Å². The number of anilines is 1. The number of aliphatic hydroxyl groups excluding tert-OH is 1. The molecule has 0 atom stereocenters. The van der Waals surface area contributed by atoms with E-state index in [1.165, 1.54) is 12.1 Å². The Kier molecular flexibility index (Phi) is 4.50. The minimum atomic E-state index is -0.431. The number of aliphatic hydroxyl groups is 1. The Labute approximate surface area is 115 Å². The van der Waals surface area contributed by atoms with Gasteiger partial charge >= 0.3 is 0 Å². The normalized spacial score (nSPS) is 10.2. The Balaban J connectivity index is 2.31. The molecule has 1 N–H and O–H groups in total. The summed E-state index contributed by atoms with van der Waals surface area (Å²) in [5.41, 5.74) is 2.03. The number of nitrogens with zero attached hydrogens (tertiary/aromatic N) is 2. The van der Waals surface area contributed by atoms with Crippen LogP contribution < -0.4 is 4.90 Å². The molecule has 1 aromatic heterocycles. The minimum Gasteiger partial charge on any atom is -0.395 e. The van der Waals surface area contributed by atoms with E-state index in [1.54, 1.807) is 17.4 Å². The number of halogens is 1. The summed E-state index contributed by atoms with van der Waals surface area (Å²) in [5, 5.41) is 22.2. The van der Waals surface area contributed by atoms with Crippen molar-refractivity contribution in [3.05, 3.63) is 52.0 Å². The second kappa shape index (κ2) is 6.32. The van der Waals surface area contributed by atoms with Crippen molar-refractivity contribution in [3.8, 4) is 6.07 Å². The fraction of sp³-hybridized carbons (Fsp3) is 0.214. The van der Waals surface area contributed by atoms with Gasteiger partial charge in [0.1, 0.15) is 11.9 Å². The molecule has 0 aliphatic heterocycles. The molecule has 0 radical (unpaired) electrons. The smallest absolute Gasteiger partial charge is 0.124 e. The summed E-state index contributed by atoms with van der Waals surface area (Å²) in [5.74, 6) is -0.431. The Hall–Kier alpha value is -1.90. The molecule has 2 aromatic rings. The van der Waals surface area contributed by atoms with Crippen LogP contribution in [0.3, 0.4) is 0 Å². The van der Waals surface area contributed by atoms with Gasteiger partial charge in [0.15, 0.2) is 0 Å². The first-order valence-corrected chi connectivity index (χ1v) is 6.75. The third-order valence-corrected chi connectivity index (χ3v) is 3.48. The SMILES string of the molecule is N#Cc1cc(F)ccc1N(CCO)Cc1ccsc1. The van der Waals surface area contributed by atoms with Crippen LogP contribution in [-0.4, -0.2) is 18.3 Å². The van der Waals surface area contributed by atoms with E-state index in [0.29, 0.717) is 18.8 Å². The highest BCUT2D eigenvalue weighted by Crippen LogP contribution is 2.23. The molecule has 0 saturated heterocycles. The molecule has 2 rings (SSSR count). The first-order chi connectivity index (χ1) is 9.24. The molecule has 3 nitrogen and oxygen atoms in total. The Morgan fingerprint density at radius 1 is 1.37 bits per heavy atom. The summed E-state index contributed by atoms with van der Waals surface area (Å²) in [6, 6.07) is 8.11. The molecular weight excluding hydrogens is 263 g/mol. The van der Waals surface area contributed by atoms with Crippen molar-refractivity contribution in [2.75, 3.05) is 18.1 Å². The minimum absolute atomic E-state index is 0.0214. The lowest BCUT2D eigenvalue weighted by atomic mass is 10.1. The van der Waals surface area contributed by atoms with Crippen molar-refractivity contribution < 1.29 is 9.50 Å². The van der Waals surface area contributed by atoms with Crippen LogP contribution in [0.4, 0.5) is 10.1 Å². The molecule has 0 bridgehead atoms. The average molecular weight is 276 g/mol. The van der Waals surface area contributed by atoms with Crippen molar-refractivity contribution in [3.63, 3.8) is 0 Å². The van der Waals surface area contributed by atoms with E-state index in [4.69, 9.17) is 10.4 Å². The molecule has 0 amide bonds. The van der Waals surface area contributed by atoms with E-state index in [2.05, 4.69) is 0 Å². The molecule has 0 saturated carbocycles. The van der Waals surface area contributed by atoms with Gasteiger partial charge < -0.3 is 10.0 Å². The molecular formula is C14H13FN2OS. The Morgan fingerprint density at radius 3 is 2.84 bits per heavy atom. The quantitative estimate of drug-likeness (QED) is 0.913. The number of hydrogen-bond acceptors (Lipinski definition) is 4. The summed E-state index contributed by atoms with van der Waals surface area (Å²) in [4.78, 5) is 1.88. The maximum Gasteiger partial charge on any atom is 0.124 e. The fourth-order valence-corrected chi connectivity index (χ4v) is 2.54. The molecule has 0 aliphatic rings. The van der Waals surface area contributed by atoms with Crippen molar-refractivity contribution in [1.29, 1.82) is 5.26 Å². The van der Waals surface area contributed by atoms with Crippen LogP contribution in [0.2, 0.25) is 0 Å². The molecule has 0 aliphatic carbocycles. The Bertz CT molecular complexity index is 578. The molecule has 1 heterocycles. The summed E-state index contributed by atoms with van der Waals surface area (Å²) >= 11 is 1.59. The van der Waals surface area contributed by atoms with Crippen LogP contribution in [-0.2, 0) is 6.54 Å². The number of nitriles is 1. The highest BCUT2D eigenvalue weighted by Gasteiger charge is 2.12. The van der Waals surface area contributed by atoms with Gasteiger partial charge in [-0.15, -0.1) is 0 Å². The monoisotopic (exact) mass is 276 g/mol. The number of benzene rings is 1. The third kappa shape index (κ3) is 3.31. The summed E-state index contributed by atoms with van der Waals surface area (Å²) < 4.78 is 13.1. The molecule has 0 unspecified atom stereocenters. The van der Waals surface area contributed by atoms with Gasteiger partial charge in [-0.25, -0.2) is 4.39 Å². The third-order valence-electron chi connectivity index (χ3n) is 2.74. The van der Waals surface area contributed by atoms with E-state index in [0.717, 1.165) is 5.56 Å². The molecule has 5 heteroatoms. The van der Waals surface area contributed by atoms with E-state index >= 15 is 0 Å². The van der Waals surface area contributed by atoms with Gasteiger partial charge in [0, 0.05) is 13.1 Å². The summed E-state index contributed by atoms with van der Waals surface area (Å²) in [7, 11) is 0. The van der Waals surface area contributed by atoms with Crippen LogP contribution >= 0.6 is 11.3 Å². The molecule has 0 spiro atoms. The lowest BCUT2D eigenvalue weighted by Gasteiger charge is -2.24. The zero-order chi connectivity index (χ0) is 13.7. The average Bonchev–Trinajstić information content (AvgIpc) is 2.91. The predicted molar refractivity (Wildman–Crippen MR) is 73.6 cm³/mol.